The lowest BCUT2D eigenvalue weighted by molar-refractivity contribution is 1.20. The van der Waals surface area contributed by atoms with Crippen molar-refractivity contribution in [3.63, 3.8) is 0 Å². The molecule has 0 amide bonds. The minimum Gasteiger partial charge on any atom is -0.245 e. The summed E-state index contributed by atoms with van der Waals surface area (Å²) in [6.07, 6.45) is 1.65. The Morgan fingerprint density at radius 1 is 1.67 bits per heavy atom. The number of hydrogen-bond donors (Lipinski definition) is 0. The topological polar surface area (TPSA) is 36.7 Å². The number of pyridine rings is 1. The molecule has 0 saturated heterocycles. The van der Waals surface area contributed by atoms with E-state index in [9.17, 15) is 0 Å². The third kappa shape index (κ3) is 2.24. The highest BCUT2D eigenvalue weighted by molar-refractivity contribution is 7.98. The highest BCUT2D eigenvalue weighted by atomic mass is 32.2. The Morgan fingerprint density at radius 2 is 2.50 bits per heavy atom. The summed E-state index contributed by atoms with van der Waals surface area (Å²) in [6.45, 7) is 2.10. The van der Waals surface area contributed by atoms with Crippen LogP contribution in [0.5, 0.6) is 0 Å². The normalized spacial score (nSPS) is 9.33. The van der Waals surface area contributed by atoms with Crippen molar-refractivity contribution >= 4 is 11.8 Å². The Morgan fingerprint density at radius 3 is 3.17 bits per heavy atom. The second kappa shape index (κ2) is 4.78. The Bertz CT molecular complexity index is 291. The number of hydrogen-bond acceptors (Lipinski definition) is 3. The molecule has 0 fully saturated rings. The molecule has 3 heteroatoms. The maximum atomic E-state index is 8.70. The fourth-order valence-electron chi connectivity index (χ4n) is 0.868. The van der Waals surface area contributed by atoms with Crippen LogP contribution in [0.25, 0.3) is 0 Å². The molecule has 1 heterocycles. The van der Waals surface area contributed by atoms with Crippen LogP contribution in [-0.4, -0.2) is 10.7 Å². The Balaban J connectivity index is 2.77. The third-order valence-electron chi connectivity index (χ3n) is 1.46. The van der Waals surface area contributed by atoms with Gasteiger partial charge in [0.15, 0.2) is 0 Å². The highest BCUT2D eigenvalue weighted by Crippen LogP contribution is 2.13. The summed E-state index contributed by atoms with van der Waals surface area (Å²) in [5.74, 6) is 1.95. The first kappa shape index (κ1) is 9.08. The van der Waals surface area contributed by atoms with Crippen LogP contribution in [0.2, 0.25) is 0 Å². The predicted octanol–water partition coefficient (Wildman–Crippen LogP) is 2.21. The van der Waals surface area contributed by atoms with Crippen molar-refractivity contribution in [1.29, 1.82) is 5.26 Å². The van der Waals surface area contributed by atoms with Gasteiger partial charge in [-0.2, -0.15) is 17.0 Å². The maximum Gasteiger partial charge on any atom is 0.144 e. The van der Waals surface area contributed by atoms with E-state index < -0.39 is 0 Å². The lowest BCUT2D eigenvalue weighted by Crippen LogP contribution is -1.90. The standard InChI is InChI=1S/C9H10N2S/c1-2-12-7-8-4-3-5-11-9(8)6-10/h3-5H,2,7H2,1H3. The van der Waals surface area contributed by atoms with Crippen LogP contribution in [0, 0.1) is 11.3 Å². The summed E-state index contributed by atoms with van der Waals surface area (Å²) in [6, 6.07) is 5.90. The van der Waals surface area contributed by atoms with Gasteiger partial charge in [-0.15, -0.1) is 0 Å². The minimum absolute atomic E-state index is 0.554. The zero-order valence-corrected chi connectivity index (χ0v) is 7.77. The SMILES string of the molecule is CCSCc1cccnc1C#N. The van der Waals surface area contributed by atoms with Crippen molar-refractivity contribution in [3.8, 4) is 6.07 Å². The molecule has 0 radical (unpaired) electrons. The van der Waals surface area contributed by atoms with Gasteiger partial charge in [-0.25, -0.2) is 4.98 Å². The molecular weight excluding hydrogens is 168 g/mol. The first-order valence-corrected chi connectivity index (χ1v) is 4.95. The van der Waals surface area contributed by atoms with Crippen molar-refractivity contribution in [2.45, 2.75) is 12.7 Å². The van der Waals surface area contributed by atoms with Crippen LogP contribution in [0.15, 0.2) is 18.3 Å². The second-order valence-electron chi connectivity index (χ2n) is 2.26. The van der Waals surface area contributed by atoms with Crippen LogP contribution in [0.3, 0.4) is 0 Å². The van der Waals surface area contributed by atoms with Crippen LogP contribution in [0.4, 0.5) is 0 Å². The smallest absolute Gasteiger partial charge is 0.144 e. The zero-order chi connectivity index (χ0) is 8.81. The number of nitrogens with zero attached hydrogens (tertiary/aromatic N) is 2. The quantitative estimate of drug-likeness (QED) is 0.712. The van der Waals surface area contributed by atoms with Crippen molar-refractivity contribution in [3.05, 3.63) is 29.6 Å². The predicted molar refractivity (Wildman–Crippen MR) is 50.8 cm³/mol. The fourth-order valence-corrected chi connectivity index (χ4v) is 1.52. The first-order valence-electron chi connectivity index (χ1n) is 3.80. The molecule has 0 aliphatic carbocycles. The molecule has 0 N–H and O–H groups in total. The number of thioether (sulfide) groups is 1. The monoisotopic (exact) mass is 178 g/mol. The fraction of sp³-hybridized carbons (Fsp3) is 0.333. The number of rotatable bonds is 3. The van der Waals surface area contributed by atoms with Crippen LogP contribution >= 0.6 is 11.8 Å². The summed E-state index contributed by atoms with van der Waals surface area (Å²) in [5, 5.41) is 8.70. The van der Waals surface area contributed by atoms with Gasteiger partial charge in [0, 0.05) is 11.9 Å². The molecule has 0 aliphatic heterocycles. The van der Waals surface area contributed by atoms with Gasteiger partial charge in [-0.05, 0) is 17.4 Å². The third-order valence-corrected chi connectivity index (χ3v) is 2.38. The highest BCUT2D eigenvalue weighted by Gasteiger charge is 2.00. The second-order valence-corrected chi connectivity index (χ2v) is 3.53. The molecule has 62 valence electrons. The summed E-state index contributed by atoms with van der Waals surface area (Å²) in [5.41, 5.74) is 1.59. The molecule has 0 spiro atoms. The van der Waals surface area contributed by atoms with Crippen molar-refractivity contribution in [2.75, 3.05) is 5.75 Å². The average molecular weight is 178 g/mol. The van der Waals surface area contributed by atoms with Gasteiger partial charge in [0.25, 0.3) is 0 Å². The zero-order valence-electron chi connectivity index (χ0n) is 6.95. The van der Waals surface area contributed by atoms with Gasteiger partial charge in [0.2, 0.25) is 0 Å². The molecular formula is C9H10N2S. The Labute approximate surface area is 76.6 Å². The molecule has 12 heavy (non-hydrogen) atoms. The molecule has 2 nitrogen and oxygen atoms in total. The molecule has 0 saturated carbocycles. The minimum atomic E-state index is 0.554. The van der Waals surface area contributed by atoms with Crippen molar-refractivity contribution < 1.29 is 0 Å². The molecule has 0 unspecified atom stereocenters. The van der Waals surface area contributed by atoms with Crippen LogP contribution in [0.1, 0.15) is 18.2 Å². The maximum absolute atomic E-state index is 8.70. The molecule has 1 aromatic heterocycles. The van der Waals surface area contributed by atoms with Crippen molar-refractivity contribution in [2.24, 2.45) is 0 Å². The van der Waals surface area contributed by atoms with Gasteiger partial charge >= 0.3 is 0 Å². The lowest BCUT2D eigenvalue weighted by atomic mass is 10.2. The van der Waals surface area contributed by atoms with Crippen molar-refractivity contribution in [1.82, 2.24) is 4.98 Å². The van der Waals surface area contributed by atoms with E-state index in [2.05, 4.69) is 18.0 Å². The molecule has 0 atom stereocenters. The Hall–Kier alpha value is -1.01. The van der Waals surface area contributed by atoms with E-state index in [1.807, 2.05) is 12.1 Å². The van der Waals surface area contributed by atoms with E-state index in [1.165, 1.54) is 0 Å². The molecule has 1 aromatic rings. The number of nitriles is 1. The van der Waals surface area contributed by atoms with Gasteiger partial charge in [0.1, 0.15) is 11.8 Å². The Kier molecular flexibility index (Phi) is 3.62. The van der Waals surface area contributed by atoms with Gasteiger partial charge in [0.05, 0.1) is 0 Å². The van der Waals surface area contributed by atoms with E-state index in [1.54, 1.807) is 18.0 Å². The van der Waals surface area contributed by atoms with E-state index in [0.29, 0.717) is 5.69 Å². The summed E-state index contributed by atoms with van der Waals surface area (Å²) in [4.78, 5) is 3.98. The molecule has 1 rings (SSSR count). The van der Waals surface area contributed by atoms with E-state index in [-0.39, 0.29) is 0 Å². The molecule has 0 aromatic carbocycles. The summed E-state index contributed by atoms with van der Waals surface area (Å²) in [7, 11) is 0. The summed E-state index contributed by atoms with van der Waals surface area (Å²) < 4.78 is 0. The average Bonchev–Trinajstić information content (AvgIpc) is 2.15. The van der Waals surface area contributed by atoms with Gasteiger partial charge in [-0.1, -0.05) is 13.0 Å². The van der Waals surface area contributed by atoms with Gasteiger partial charge < -0.3 is 0 Å². The van der Waals surface area contributed by atoms with Crippen LogP contribution < -0.4 is 0 Å². The molecule has 0 bridgehead atoms. The van der Waals surface area contributed by atoms with E-state index in [4.69, 9.17) is 5.26 Å². The summed E-state index contributed by atoms with van der Waals surface area (Å²) >= 11 is 1.80. The first-order chi connectivity index (χ1) is 5.88. The molecule has 0 aliphatic rings. The van der Waals surface area contributed by atoms with E-state index in [0.717, 1.165) is 17.1 Å². The van der Waals surface area contributed by atoms with Crippen LogP contribution in [-0.2, 0) is 5.75 Å². The largest absolute Gasteiger partial charge is 0.245 e. The lowest BCUT2D eigenvalue weighted by Gasteiger charge is -1.99. The van der Waals surface area contributed by atoms with E-state index >= 15 is 0 Å². The number of aromatic nitrogens is 1. The van der Waals surface area contributed by atoms with Gasteiger partial charge in [-0.3, -0.25) is 0 Å².